The summed E-state index contributed by atoms with van der Waals surface area (Å²) in [7, 11) is 0. The number of carbonyl (C=O) groups is 1. The molecule has 0 radical (unpaired) electrons. The van der Waals surface area contributed by atoms with Crippen molar-refractivity contribution in [2.24, 2.45) is 0 Å². The van der Waals surface area contributed by atoms with E-state index < -0.39 is 5.60 Å². The lowest BCUT2D eigenvalue weighted by molar-refractivity contribution is 0.0218. The van der Waals surface area contributed by atoms with Crippen LogP contribution in [0, 0.1) is 0 Å². The average molecular weight is 516 g/mol. The Hall–Kier alpha value is -2.58. The van der Waals surface area contributed by atoms with Crippen LogP contribution in [0.25, 0.3) is 11.3 Å². The molecular formula is C27H37N3O3S2. The topological polar surface area (TPSA) is 67.4 Å². The number of benzene rings is 1. The number of nitrogens with zero attached hydrogens (tertiary/aromatic N) is 2. The third-order valence-electron chi connectivity index (χ3n) is 5.52. The number of hydrogen-bond donors (Lipinski definition) is 3. The molecule has 6 nitrogen and oxygen atoms in total. The zero-order chi connectivity index (χ0) is 26.2. The third-order valence-corrected chi connectivity index (χ3v) is 5.52. The Morgan fingerprint density at radius 1 is 1.26 bits per heavy atom. The second kappa shape index (κ2) is 12.9. The second-order valence-corrected chi connectivity index (χ2v) is 8.91. The van der Waals surface area contributed by atoms with Crippen LogP contribution < -0.4 is 4.74 Å². The Bertz CT molecular complexity index is 1070. The second-order valence-electron chi connectivity index (χ2n) is 8.91. The van der Waals surface area contributed by atoms with Crippen LogP contribution in [-0.2, 0) is 11.2 Å². The van der Waals surface area contributed by atoms with Gasteiger partial charge in [0.1, 0.15) is 22.9 Å². The lowest BCUT2D eigenvalue weighted by atomic mass is 9.98. The van der Waals surface area contributed by atoms with Crippen molar-refractivity contribution in [3.05, 3.63) is 72.4 Å². The lowest BCUT2D eigenvalue weighted by Crippen LogP contribution is -2.36. The highest BCUT2D eigenvalue weighted by molar-refractivity contribution is 8.59. The highest BCUT2D eigenvalue weighted by atomic mass is 33.1. The number of amides is 1. The van der Waals surface area contributed by atoms with Gasteiger partial charge < -0.3 is 14.5 Å². The van der Waals surface area contributed by atoms with Crippen molar-refractivity contribution in [1.82, 2.24) is 14.9 Å². The summed E-state index contributed by atoms with van der Waals surface area (Å²) in [4.78, 5) is 22.4. The molecule has 35 heavy (non-hydrogen) atoms. The quantitative estimate of drug-likeness (QED) is 0.291. The van der Waals surface area contributed by atoms with Crippen molar-refractivity contribution in [3.8, 4) is 17.0 Å². The van der Waals surface area contributed by atoms with Gasteiger partial charge in [0.15, 0.2) is 0 Å². The number of fused-ring (bicyclic) bond motifs is 1. The number of aromatic nitrogens is 2. The number of thiol groups is 2. The molecule has 1 aromatic carbocycles. The number of aromatic amines is 1. The zero-order valence-corrected chi connectivity index (χ0v) is 23.1. The molecule has 1 saturated heterocycles. The molecule has 1 fully saturated rings. The maximum atomic E-state index is 12.6. The van der Waals surface area contributed by atoms with Gasteiger partial charge in [0.2, 0.25) is 0 Å². The zero-order valence-electron chi connectivity index (χ0n) is 21.3. The number of ether oxygens (including phenoxy) is 2. The number of imidazole rings is 1. The SMILES string of the molecule is C=CC1=C(C=C)Oc2cc(-c3cnc(C4CCCN4C(=O)OC(C)(C)C)[nH]3)ccc2C1.CC.SS. The lowest BCUT2D eigenvalue weighted by Gasteiger charge is -2.27. The fraction of sp³-hybridized carbons (Fsp3) is 0.407. The van der Waals surface area contributed by atoms with Gasteiger partial charge in [0.25, 0.3) is 0 Å². The molecule has 1 amide bonds. The van der Waals surface area contributed by atoms with Crippen molar-refractivity contribution < 1.29 is 14.3 Å². The fourth-order valence-corrected chi connectivity index (χ4v) is 4.03. The minimum Gasteiger partial charge on any atom is -0.457 e. The largest absolute Gasteiger partial charge is 0.457 e. The predicted molar refractivity (Wildman–Crippen MR) is 150 cm³/mol. The number of H-pyrrole nitrogens is 1. The molecule has 2 aliphatic rings. The first-order valence-corrected chi connectivity index (χ1v) is 13.4. The first-order valence-electron chi connectivity index (χ1n) is 11.8. The summed E-state index contributed by atoms with van der Waals surface area (Å²) in [5.74, 6) is 2.33. The molecule has 1 N–H and O–H groups in total. The van der Waals surface area contributed by atoms with E-state index in [-0.39, 0.29) is 12.1 Å². The molecule has 0 bridgehead atoms. The molecule has 0 saturated carbocycles. The Labute approximate surface area is 219 Å². The van der Waals surface area contributed by atoms with Gasteiger partial charge in [-0.2, -0.15) is 0 Å². The number of carbonyl (C=O) groups excluding carboxylic acids is 1. The van der Waals surface area contributed by atoms with Crippen LogP contribution in [0.3, 0.4) is 0 Å². The van der Waals surface area contributed by atoms with Crippen LogP contribution in [0.2, 0.25) is 0 Å². The molecule has 0 aliphatic carbocycles. The minimum absolute atomic E-state index is 0.108. The van der Waals surface area contributed by atoms with Crippen LogP contribution in [0.4, 0.5) is 4.79 Å². The van der Waals surface area contributed by atoms with Gasteiger partial charge in [0.05, 0.1) is 17.9 Å². The standard InChI is InChI=1S/C25H29N3O3.C2H6.H2S2/c1-6-16-13-18-11-10-17(14-22(18)30-21(16)7-2)19-15-26-23(27-19)20-9-8-12-28(20)24(29)31-25(3,4)5;2*1-2/h6-7,10-11,14-15,20H,1-2,8-9,12-13H2,3-5H3,(H,26,27);1-2H3;1-2H. The van der Waals surface area contributed by atoms with Gasteiger partial charge in [0, 0.05) is 18.5 Å². The van der Waals surface area contributed by atoms with Gasteiger partial charge in [-0.25, -0.2) is 9.78 Å². The van der Waals surface area contributed by atoms with E-state index in [1.165, 1.54) is 0 Å². The molecule has 1 atom stereocenters. The number of nitrogens with one attached hydrogen (secondary N) is 1. The van der Waals surface area contributed by atoms with Crippen LogP contribution in [0.5, 0.6) is 5.75 Å². The number of hydrogen-bond acceptors (Lipinski definition) is 6. The number of allylic oxidation sites excluding steroid dienone is 3. The highest BCUT2D eigenvalue weighted by Crippen LogP contribution is 2.36. The summed E-state index contributed by atoms with van der Waals surface area (Å²) >= 11 is 6.44. The molecule has 3 heterocycles. The van der Waals surface area contributed by atoms with E-state index in [1.807, 2.05) is 53.0 Å². The van der Waals surface area contributed by atoms with E-state index in [0.29, 0.717) is 6.54 Å². The summed E-state index contributed by atoms with van der Waals surface area (Å²) in [5.41, 5.74) is 3.48. The van der Waals surface area contributed by atoms with Gasteiger partial charge in [-0.05, 0) is 56.9 Å². The first-order chi connectivity index (χ1) is 16.8. The van der Waals surface area contributed by atoms with E-state index in [2.05, 4.69) is 58.6 Å². The van der Waals surface area contributed by atoms with Crippen molar-refractivity contribution in [2.75, 3.05) is 6.54 Å². The average Bonchev–Trinajstić information content (AvgIpc) is 3.54. The first kappa shape index (κ1) is 28.7. The third kappa shape index (κ3) is 6.98. The van der Waals surface area contributed by atoms with Gasteiger partial charge in [-0.15, -0.1) is 23.3 Å². The Morgan fingerprint density at radius 2 is 1.97 bits per heavy atom. The molecule has 2 aromatic rings. The van der Waals surface area contributed by atoms with Gasteiger partial charge in [-0.1, -0.05) is 45.2 Å². The van der Waals surface area contributed by atoms with Crippen molar-refractivity contribution in [3.63, 3.8) is 0 Å². The summed E-state index contributed by atoms with van der Waals surface area (Å²) in [5, 5.41) is 0. The molecule has 1 unspecified atom stereocenters. The van der Waals surface area contributed by atoms with E-state index in [4.69, 9.17) is 9.47 Å². The monoisotopic (exact) mass is 515 g/mol. The van der Waals surface area contributed by atoms with E-state index >= 15 is 0 Å². The van der Waals surface area contributed by atoms with Gasteiger partial charge in [-0.3, -0.25) is 4.90 Å². The normalized spacial score (nSPS) is 16.7. The maximum Gasteiger partial charge on any atom is 0.410 e. The number of rotatable bonds is 4. The Morgan fingerprint density at radius 3 is 2.60 bits per heavy atom. The van der Waals surface area contributed by atoms with Crippen LogP contribution in [0.15, 0.2) is 61.0 Å². The predicted octanol–water partition coefficient (Wildman–Crippen LogP) is 7.50. The van der Waals surface area contributed by atoms with E-state index in [0.717, 1.165) is 59.0 Å². The smallest absolute Gasteiger partial charge is 0.410 e. The Kier molecular flexibility index (Phi) is 10.6. The van der Waals surface area contributed by atoms with Crippen molar-refractivity contribution >= 4 is 29.4 Å². The molecule has 2 aliphatic heterocycles. The number of likely N-dealkylation sites (tertiary alicyclic amines) is 1. The van der Waals surface area contributed by atoms with Crippen LogP contribution >= 0.6 is 23.3 Å². The molecule has 190 valence electrons. The van der Waals surface area contributed by atoms with E-state index in [9.17, 15) is 4.79 Å². The molecule has 8 heteroatoms. The summed E-state index contributed by atoms with van der Waals surface area (Å²) in [6, 6.07) is 6.02. The molecule has 4 rings (SSSR count). The van der Waals surface area contributed by atoms with Crippen LogP contribution in [0.1, 0.15) is 64.9 Å². The minimum atomic E-state index is -0.522. The summed E-state index contributed by atoms with van der Waals surface area (Å²) in [6.45, 7) is 18.0. The van der Waals surface area contributed by atoms with Gasteiger partial charge >= 0.3 is 6.09 Å². The molecular weight excluding hydrogens is 478 g/mol. The van der Waals surface area contributed by atoms with Crippen molar-refractivity contribution in [2.45, 2.75) is 65.5 Å². The maximum absolute atomic E-state index is 12.6. The fourth-order valence-electron chi connectivity index (χ4n) is 4.03. The van der Waals surface area contributed by atoms with Crippen molar-refractivity contribution in [1.29, 1.82) is 0 Å². The summed E-state index contributed by atoms with van der Waals surface area (Å²) < 4.78 is 11.6. The summed E-state index contributed by atoms with van der Waals surface area (Å²) in [6.07, 6.45) is 7.59. The molecule has 1 aromatic heterocycles. The highest BCUT2D eigenvalue weighted by Gasteiger charge is 2.34. The van der Waals surface area contributed by atoms with E-state index in [1.54, 1.807) is 11.0 Å². The Balaban J connectivity index is 0.00000103. The molecule has 0 spiro atoms. The van der Waals surface area contributed by atoms with Crippen LogP contribution in [-0.4, -0.2) is 33.1 Å².